The molecule has 2 unspecified atom stereocenters. The summed E-state index contributed by atoms with van der Waals surface area (Å²) in [6.07, 6.45) is 1.19. The molecule has 1 aliphatic rings. The molecular weight excluding hydrogens is 200 g/mol. The summed E-state index contributed by atoms with van der Waals surface area (Å²) in [6, 6.07) is 8.09. The summed E-state index contributed by atoms with van der Waals surface area (Å²) in [6.45, 7) is 5.01. The second-order valence-electron chi connectivity index (χ2n) is 4.79. The van der Waals surface area contributed by atoms with E-state index in [9.17, 15) is 5.11 Å². The van der Waals surface area contributed by atoms with E-state index in [2.05, 4.69) is 17.9 Å². The van der Waals surface area contributed by atoms with Gasteiger partial charge in [-0.3, -0.25) is 4.90 Å². The second kappa shape index (κ2) is 4.85. The number of aromatic hydroxyl groups is 1. The molecule has 0 spiro atoms. The van der Waals surface area contributed by atoms with Crippen LogP contribution in [0.1, 0.15) is 18.9 Å². The molecule has 0 saturated carbocycles. The number of hydrogen-bond acceptors (Lipinski definition) is 3. The molecule has 3 nitrogen and oxygen atoms in total. The molecule has 0 bridgehead atoms. The lowest BCUT2D eigenvalue weighted by molar-refractivity contribution is 0.255. The Morgan fingerprint density at radius 2 is 2.31 bits per heavy atom. The minimum absolute atomic E-state index is 0.347. The molecule has 1 fully saturated rings. The van der Waals surface area contributed by atoms with Crippen LogP contribution in [-0.4, -0.2) is 29.1 Å². The third-order valence-electron chi connectivity index (χ3n) is 3.42. The molecule has 88 valence electrons. The Bertz CT molecular complexity index is 354. The zero-order valence-electron chi connectivity index (χ0n) is 9.76. The Morgan fingerprint density at radius 3 is 2.94 bits per heavy atom. The topological polar surface area (TPSA) is 49.5 Å². The van der Waals surface area contributed by atoms with Crippen LogP contribution in [0.15, 0.2) is 24.3 Å². The van der Waals surface area contributed by atoms with Crippen molar-refractivity contribution in [2.24, 2.45) is 11.7 Å². The van der Waals surface area contributed by atoms with Gasteiger partial charge in [-0.05, 0) is 43.5 Å². The molecular formula is C13H20N2O. The van der Waals surface area contributed by atoms with Gasteiger partial charge in [0.1, 0.15) is 5.75 Å². The van der Waals surface area contributed by atoms with Crippen LogP contribution in [0.2, 0.25) is 0 Å². The molecule has 2 atom stereocenters. The maximum Gasteiger partial charge on any atom is 0.115 e. The molecule has 0 radical (unpaired) electrons. The van der Waals surface area contributed by atoms with Gasteiger partial charge in [0.15, 0.2) is 0 Å². The van der Waals surface area contributed by atoms with Gasteiger partial charge < -0.3 is 10.8 Å². The van der Waals surface area contributed by atoms with Crippen molar-refractivity contribution in [2.45, 2.75) is 25.9 Å². The number of rotatable bonds is 3. The quantitative estimate of drug-likeness (QED) is 0.812. The number of hydrogen-bond donors (Lipinski definition) is 2. The summed E-state index contributed by atoms with van der Waals surface area (Å²) in [5.41, 5.74) is 6.88. The van der Waals surface area contributed by atoms with E-state index < -0.39 is 0 Å². The molecule has 1 aromatic rings. The summed E-state index contributed by atoms with van der Waals surface area (Å²) in [4.78, 5) is 2.44. The number of phenolic OH excluding ortho intramolecular Hbond substituents is 1. The largest absolute Gasteiger partial charge is 0.508 e. The SMILES string of the molecule is CC1CC(CN)CN1Cc1cccc(O)c1. The molecule has 1 aromatic carbocycles. The lowest BCUT2D eigenvalue weighted by atomic mass is 10.1. The van der Waals surface area contributed by atoms with E-state index in [4.69, 9.17) is 5.73 Å². The van der Waals surface area contributed by atoms with E-state index >= 15 is 0 Å². The number of likely N-dealkylation sites (tertiary alicyclic amines) is 1. The standard InChI is InChI=1S/C13H20N2O/c1-10-5-12(7-14)9-15(10)8-11-3-2-4-13(16)6-11/h2-4,6,10,12,16H,5,7-9,14H2,1H3. The first kappa shape index (κ1) is 11.4. The van der Waals surface area contributed by atoms with Gasteiger partial charge in [0.05, 0.1) is 0 Å². The number of benzene rings is 1. The van der Waals surface area contributed by atoms with Crippen LogP contribution in [-0.2, 0) is 6.54 Å². The molecule has 2 rings (SSSR count). The first-order chi connectivity index (χ1) is 7.69. The molecule has 0 aliphatic carbocycles. The van der Waals surface area contributed by atoms with Crippen molar-refractivity contribution in [3.63, 3.8) is 0 Å². The zero-order chi connectivity index (χ0) is 11.5. The van der Waals surface area contributed by atoms with Gasteiger partial charge in [-0.2, -0.15) is 0 Å². The van der Waals surface area contributed by atoms with E-state index in [1.54, 1.807) is 6.07 Å². The van der Waals surface area contributed by atoms with Crippen molar-refractivity contribution in [1.29, 1.82) is 0 Å². The molecule has 1 heterocycles. The first-order valence-electron chi connectivity index (χ1n) is 5.91. The number of phenols is 1. The lowest BCUT2D eigenvalue weighted by Gasteiger charge is -2.21. The Kier molecular flexibility index (Phi) is 3.46. The summed E-state index contributed by atoms with van der Waals surface area (Å²) in [5, 5.41) is 9.41. The normalized spacial score (nSPS) is 26.1. The fourth-order valence-electron chi connectivity index (χ4n) is 2.50. The van der Waals surface area contributed by atoms with Gasteiger partial charge in [-0.15, -0.1) is 0 Å². The fourth-order valence-corrected chi connectivity index (χ4v) is 2.50. The van der Waals surface area contributed by atoms with E-state index in [1.165, 1.54) is 12.0 Å². The first-order valence-corrected chi connectivity index (χ1v) is 5.91. The lowest BCUT2D eigenvalue weighted by Crippen LogP contribution is -2.27. The Labute approximate surface area is 96.9 Å². The third kappa shape index (κ3) is 2.54. The zero-order valence-corrected chi connectivity index (χ0v) is 9.76. The molecule has 0 aromatic heterocycles. The Morgan fingerprint density at radius 1 is 1.50 bits per heavy atom. The fraction of sp³-hybridized carbons (Fsp3) is 0.538. The van der Waals surface area contributed by atoms with E-state index in [0.29, 0.717) is 17.7 Å². The highest BCUT2D eigenvalue weighted by Gasteiger charge is 2.27. The van der Waals surface area contributed by atoms with Gasteiger partial charge in [0.25, 0.3) is 0 Å². The molecule has 1 aliphatic heterocycles. The predicted octanol–water partition coefficient (Wildman–Crippen LogP) is 1.56. The van der Waals surface area contributed by atoms with Gasteiger partial charge in [0, 0.05) is 19.1 Å². The number of nitrogens with zero attached hydrogens (tertiary/aromatic N) is 1. The molecule has 3 heteroatoms. The molecule has 3 N–H and O–H groups in total. The Hall–Kier alpha value is -1.06. The second-order valence-corrected chi connectivity index (χ2v) is 4.79. The monoisotopic (exact) mass is 220 g/mol. The van der Waals surface area contributed by atoms with Crippen LogP contribution in [0.4, 0.5) is 0 Å². The van der Waals surface area contributed by atoms with E-state index in [1.807, 2.05) is 12.1 Å². The average Bonchev–Trinajstić information content (AvgIpc) is 2.60. The van der Waals surface area contributed by atoms with Crippen LogP contribution in [0.3, 0.4) is 0 Å². The minimum atomic E-state index is 0.347. The van der Waals surface area contributed by atoms with Crippen molar-refractivity contribution >= 4 is 0 Å². The highest BCUT2D eigenvalue weighted by atomic mass is 16.3. The minimum Gasteiger partial charge on any atom is -0.508 e. The molecule has 16 heavy (non-hydrogen) atoms. The Balaban J connectivity index is 2.00. The van der Waals surface area contributed by atoms with Crippen LogP contribution in [0.5, 0.6) is 5.75 Å². The van der Waals surface area contributed by atoms with Gasteiger partial charge >= 0.3 is 0 Å². The van der Waals surface area contributed by atoms with Crippen LogP contribution in [0, 0.1) is 5.92 Å². The van der Waals surface area contributed by atoms with Crippen molar-refractivity contribution in [2.75, 3.05) is 13.1 Å². The highest BCUT2D eigenvalue weighted by Crippen LogP contribution is 2.24. The highest BCUT2D eigenvalue weighted by molar-refractivity contribution is 5.27. The smallest absolute Gasteiger partial charge is 0.115 e. The van der Waals surface area contributed by atoms with Crippen molar-refractivity contribution in [3.05, 3.63) is 29.8 Å². The van der Waals surface area contributed by atoms with E-state index in [-0.39, 0.29) is 0 Å². The summed E-state index contributed by atoms with van der Waals surface area (Å²) < 4.78 is 0. The van der Waals surface area contributed by atoms with Gasteiger partial charge in [0.2, 0.25) is 0 Å². The van der Waals surface area contributed by atoms with Crippen LogP contribution in [0.25, 0.3) is 0 Å². The van der Waals surface area contributed by atoms with Crippen molar-refractivity contribution < 1.29 is 5.11 Å². The predicted molar refractivity (Wildman–Crippen MR) is 65.1 cm³/mol. The number of nitrogens with two attached hydrogens (primary N) is 1. The summed E-state index contributed by atoms with van der Waals surface area (Å²) in [5.74, 6) is 0.979. The summed E-state index contributed by atoms with van der Waals surface area (Å²) >= 11 is 0. The third-order valence-corrected chi connectivity index (χ3v) is 3.42. The maximum absolute atomic E-state index is 9.41. The summed E-state index contributed by atoms with van der Waals surface area (Å²) in [7, 11) is 0. The van der Waals surface area contributed by atoms with Gasteiger partial charge in [-0.1, -0.05) is 12.1 Å². The van der Waals surface area contributed by atoms with Gasteiger partial charge in [-0.25, -0.2) is 0 Å². The molecule has 0 amide bonds. The average molecular weight is 220 g/mol. The van der Waals surface area contributed by atoms with Crippen LogP contribution >= 0.6 is 0 Å². The maximum atomic E-state index is 9.41. The van der Waals surface area contributed by atoms with E-state index in [0.717, 1.165) is 19.6 Å². The van der Waals surface area contributed by atoms with Crippen molar-refractivity contribution in [1.82, 2.24) is 4.90 Å². The van der Waals surface area contributed by atoms with Crippen molar-refractivity contribution in [3.8, 4) is 5.75 Å². The van der Waals surface area contributed by atoms with Crippen LogP contribution < -0.4 is 5.73 Å². The molecule has 1 saturated heterocycles.